The highest BCUT2D eigenvalue weighted by Crippen LogP contribution is 1.95. The van der Waals surface area contributed by atoms with Crippen molar-refractivity contribution in [3.8, 4) is 0 Å². The number of rotatable bonds is 1. The normalized spacial score (nSPS) is 11.8. The summed E-state index contributed by atoms with van der Waals surface area (Å²) < 4.78 is 0. The van der Waals surface area contributed by atoms with Crippen LogP contribution in [0.5, 0.6) is 0 Å². The van der Waals surface area contributed by atoms with Gasteiger partial charge in [-0.25, -0.2) is 0 Å². The summed E-state index contributed by atoms with van der Waals surface area (Å²) in [6.07, 6.45) is 0.627. The zero-order valence-corrected chi connectivity index (χ0v) is 5.96. The van der Waals surface area contributed by atoms with Crippen LogP contribution in [0.25, 0.3) is 0 Å². The van der Waals surface area contributed by atoms with Crippen molar-refractivity contribution in [1.82, 2.24) is 0 Å². The van der Waals surface area contributed by atoms with Crippen LogP contribution in [-0.4, -0.2) is 5.11 Å². The Bertz CT molecular complexity index is 86.4. The number of aliphatic hydroxyl groups excluding tert-OH is 1. The molecule has 0 saturated heterocycles. The minimum atomic E-state index is 0. The van der Waals surface area contributed by atoms with Crippen molar-refractivity contribution in [2.75, 3.05) is 0 Å². The van der Waals surface area contributed by atoms with Gasteiger partial charge in [-0.1, -0.05) is 6.92 Å². The molecule has 0 rings (SSSR count). The van der Waals surface area contributed by atoms with Gasteiger partial charge in [-0.05, 0) is 6.92 Å². The van der Waals surface area contributed by atoms with E-state index in [-0.39, 0.29) is 12.4 Å². The van der Waals surface area contributed by atoms with Crippen molar-refractivity contribution in [3.05, 3.63) is 11.5 Å². The van der Waals surface area contributed by atoms with Gasteiger partial charge in [-0.3, -0.25) is 0 Å². The Morgan fingerprint density at radius 2 is 2.00 bits per heavy atom. The molecule has 0 aliphatic carbocycles. The third-order valence-corrected chi connectivity index (χ3v) is 0.790. The molecule has 50 valence electrons. The molecular formula is C5H12ClNO. The summed E-state index contributed by atoms with van der Waals surface area (Å²) in [4.78, 5) is 0. The van der Waals surface area contributed by atoms with Crippen molar-refractivity contribution in [1.29, 1.82) is 0 Å². The Morgan fingerprint density at radius 1 is 1.62 bits per heavy atom. The zero-order chi connectivity index (χ0) is 5.86. The second kappa shape index (κ2) is 4.78. The van der Waals surface area contributed by atoms with E-state index >= 15 is 0 Å². The second-order valence-corrected chi connectivity index (χ2v) is 1.48. The first-order valence-corrected chi connectivity index (χ1v) is 2.32. The zero-order valence-electron chi connectivity index (χ0n) is 5.14. The van der Waals surface area contributed by atoms with Gasteiger partial charge in [-0.15, -0.1) is 12.4 Å². The van der Waals surface area contributed by atoms with Crippen LogP contribution in [0.3, 0.4) is 0 Å². The number of aliphatic hydroxyl groups is 1. The monoisotopic (exact) mass is 137 g/mol. The van der Waals surface area contributed by atoms with Crippen LogP contribution in [0.15, 0.2) is 11.5 Å². The first-order valence-electron chi connectivity index (χ1n) is 2.32. The summed E-state index contributed by atoms with van der Waals surface area (Å²) in [5, 5.41) is 8.69. The smallest absolute Gasteiger partial charge is 0.110 e. The largest absolute Gasteiger partial charge is 0.511 e. The lowest BCUT2D eigenvalue weighted by Crippen LogP contribution is -1.95. The summed E-state index contributed by atoms with van der Waals surface area (Å²) in [7, 11) is 0. The van der Waals surface area contributed by atoms with Crippen LogP contribution < -0.4 is 5.73 Å². The van der Waals surface area contributed by atoms with E-state index in [4.69, 9.17) is 10.8 Å². The van der Waals surface area contributed by atoms with Crippen molar-refractivity contribution in [2.45, 2.75) is 20.3 Å². The molecule has 0 atom stereocenters. The molecule has 3 N–H and O–H groups in total. The first-order chi connectivity index (χ1) is 3.18. The number of nitrogens with two attached hydrogens (primary N) is 1. The fraction of sp³-hybridized carbons (Fsp3) is 0.600. The van der Waals surface area contributed by atoms with Crippen molar-refractivity contribution < 1.29 is 5.11 Å². The topological polar surface area (TPSA) is 46.2 Å². The number of halogens is 1. The quantitative estimate of drug-likeness (QED) is 0.539. The van der Waals surface area contributed by atoms with Gasteiger partial charge in [-0.2, -0.15) is 0 Å². The average molecular weight is 138 g/mol. The molecule has 0 aliphatic rings. The standard InChI is InChI=1S/C5H11NO.ClH/c1-3-5(7)4(2)6;/h7H,3,6H2,1-2H3;1H. The maximum absolute atomic E-state index is 8.69. The molecule has 0 bridgehead atoms. The highest BCUT2D eigenvalue weighted by molar-refractivity contribution is 5.85. The van der Waals surface area contributed by atoms with E-state index in [1.165, 1.54) is 0 Å². The molecule has 0 saturated carbocycles. The Balaban J connectivity index is 0. The van der Waals surface area contributed by atoms with E-state index in [0.717, 1.165) is 0 Å². The van der Waals surface area contributed by atoms with E-state index < -0.39 is 0 Å². The van der Waals surface area contributed by atoms with Gasteiger partial charge in [0, 0.05) is 12.1 Å². The lowest BCUT2D eigenvalue weighted by atomic mass is 10.3. The second-order valence-electron chi connectivity index (χ2n) is 1.48. The highest BCUT2D eigenvalue weighted by Gasteiger charge is 1.87. The molecule has 0 fully saturated rings. The maximum atomic E-state index is 8.69. The Hall–Kier alpha value is -0.370. The van der Waals surface area contributed by atoms with Crippen LogP contribution in [0.4, 0.5) is 0 Å². The SMILES string of the molecule is CCC(O)=C(C)N.Cl. The van der Waals surface area contributed by atoms with Gasteiger partial charge in [0.2, 0.25) is 0 Å². The predicted octanol–water partition coefficient (Wildman–Crippen LogP) is 1.57. The van der Waals surface area contributed by atoms with Crippen LogP contribution >= 0.6 is 12.4 Å². The summed E-state index contributed by atoms with van der Waals surface area (Å²) in [6, 6.07) is 0. The van der Waals surface area contributed by atoms with Gasteiger partial charge in [0.1, 0.15) is 5.76 Å². The highest BCUT2D eigenvalue weighted by atomic mass is 35.5. The van der Waals surface area contributed by atoms with E-state index in [1.54, 1.807) is 6.92 Å². The van der Waals surface area contributed by atoms with E-state index in [0.29, 0.717) is 17.9 Å². The van der Waals surface area contributed by atoms with Gasteiger partial charge in [0.25, 0.3) is 0 Å². The lowest BCUT2D eigenvalue weighted by Gasteiger charge is -1.93. The summed E-state index contributed by atoms with van der Waals surface area (Å²) in [5.41, 5.74) is 5.69. The molecule has 0 radical (unpaired) electrons. The van der Waals surface area contributed by atoms with Gasteiger partial charge < -0.3 is 10.8 Å². The summed E-state index contributed by atoms with van der Waals surface area (Å²) in [5.74, 6) is 0.292. The van der Waals surface area contributed by atoms with Gasteiger partial charge in [0.05, 0.1) is 0 Å². The third kappa shape index (κ3) is 3.81. The fourth-order valence-corrected chi connectivity index (χ4v) is 0.279. The molecule has 0 aromatic carbocycles. The van der Waals surface area contributed by atoms with Crippen LogP contribution in [0.2, 0.25) is 0 Å². The predicted molar refractivity (Wildman–Crippen MR) is 37.1 cm³/mol. The van der Waals surface area contributed by atoms with E-state index in [9.17, 15) is 0 Å². The Morgan fingerprint density at radius 3 is 2.00 bits per heavy atom. The molecule has 0 aromatic rings. The summed E-state index contributed by atoms with van der Waals surface area (Å²) in [6.45, 7) is 3.53. The number of hydrogen-bond acceptors (Lipinski definition) is 2. The number of hydrogen-bond donors (Lipinski definition) is 2. The Labute approximate surface area is 55.8 Å². The molecule has 0 amide bonds. The molecule has 0 spiro atoms. The molecule has 2 nitrogen and oxygen atoms in total. The Kier molecular flexibility index (Phi) is 6.32. The maximum Gasteiger partial charge on any atom is 0.110 e. The fourth-order valence-electron chi connectivity index (χ4n) is 0.279. The molecule has 3 heteroatoms. The van der Waals surface area contributed by atoms with Gasteiger partial charge in [0.15, 0.2) is 0 Å². The van der Waals surface area contributed by atoms with Crippen LogP contribution in [-0.2, 0) is 0 Å². The molecule has 0 heterocycles. The molecule has 0 aromatic heterocycles. The third-order valence-electron chi connectivity index (χ3n) is 0.790. The minimum absolute atomic E-state index is 0. The van der Waals surface area contributed by atoms with Crippen LogP contribution in [0, 0.1) is 0 Å². The van der Waals surface area contributed by atoms with Crippen molar-refractivity contribution in [2.24, 2.45) is 5.73 Å². The van der Waals surface area contributed by atoms with E-state index in [1.807, 2.05) is 6.92 Å². The lowest BCUT2D eigenvalue weighted by molar-refractivity contribution is 0.386. The molecular weight excluding hydrogens is 126 g/mol. The van der Waals surface area contributed by atoms with Crippen molar-refractivity contribution in [3.63, 3.8) is 0 Å². The molecule has 8 heavy (non-hydrogen) atoms. The molecule has 0 aliphatic heterocycles. The minimum Gasteiger partial charge on any atom is -0.511 e. The van der Waals surface area contributed by atoms with E-state index in [2.05, 4.69) is 0 Å². The first kappa shape index (κ1) is 10.6. The average Bonchev–Trinajstić information content (AvgIpc) is 1.65. The molecule has 0 unspecified atom stereocenters. The number of allylic oxidation sites excluding steroid dienone is 2. The van der Waals surface area contributed by atoms with Crippen LogP contribution in [0.1, 0.15) is 20.3 Å². The summed E-state index contributed by atoms with van der Waals surface area (Å²) >= 11 is 0. The van der Waals surface area contributed by atoms with Gasteiger partial charge >= 0.3 is 0 Å². The van der Waals surface area contributed by atoms with Crippen molar-refractivity contribution >= 4 is 12.4 Å².